The van der Waals surface area contributed by atoms with Crippen molar-refractivity contribution in [3.8, 4) is 0 Å². The SMILES string of the molecule is C[C@@H]1CCN(CCC2CCOCC2)C1. The molecule has 0 aromatic carbocycles. The maximum atomic E-state index is 5.37. The Labute approximate surface area is 87.6 Å². The average Bonchev–Trinajstić information content (AvgIpc) is 2.63. The first kappa shape index (κ1) is 10.4. The molecule has 0 amide bonds. The second-order valence-electron chi connectivity index (χ2n) is 5.04. The van der Waals surface area contributed by atoms with E-state index in [4.69, 9.17) is 4.74 Å². The number of rotatable bonds is 3. The highest BCUT2D eigenvalue weighted by Crippen LogP contribution is 2.21. The van der Waals surface area contributed by atoms with Crippen molar-refractivity contribution in [2.75, 3.05) is 32.8 Å². The van der Waals surface area contributed by atoms with Crippen LogP contribution in [0.4, 0.5) is 0 Å². The van der Waals surface area contributed by atoms with E-state index in [9.17, 15) is 0 Å². The molecule has 2 heteroatoms. The molecule has 0 saturated carbocycles. The summed E-state index contributed by atoms with van der Waals surface area (Å²) in [5, 5.41) is 0. The Hall–Kier alpha value is -0.0800. The van der Waals surface area contributed by atoms with Crippen LogP contribution in [0.2, 0.25) is 0 Å². The molecule has 0 spiro atoms. The van der Waals surface area contributed by atoms with E-state index >= 15 is 0 Å². The highest BCUT2D eigenvalue weighted by atomic mass is 16.5. The molecule has 82 valence electrons. The van der Waals surface area contributed by atoms with Crippen LogP contribution >= 0.6 is 0 Å². The van der Waals surface area contributed by atoms with Gasteiger partial charge in [0.1, 0.15) is 0 Å². The normalized spacial score (nSPS) is 31.1. The minimum Gasteiger partial charge on any atom is -0.381 e. The molecule has 0 aromatic heterocycles. The van der Waals surface area contributed by atoms with Gasteiger partial charge >= 0.3 is 0 Å². The van der Waals surface area contributed by atoms with Gasteiger partial charge in [0.05, 0.1) is 0 Å². The Balaban J connectivity index is 1.61. The third-order valence-corrected chi connectivity index (χ3v) is 3.70. The third kappa shape index (κ3) is 2.96. The van der Waals surface area contributed by atoms with Crippen molar-refractivity contribution in [3.63, 3.8) is 0 Å². The second-order valence-corrected chi connectivity index (χ2v) is 5.04. The molecule has 2 nitrogen and oxygen atoms in total. The summed E-state index contributed by atoms with van der Waals surface area (Å²) in [6.07, 6.45) is 5.40. The van der Waals surface area contributed by atoms with Crippen molar-refractivity contribution < 1.29 is 4.74 Å². The van der Waals surface area contributed by atoms with Gasteiger partial charge < -0.3 is 9.64 Å². The lowest BCUT2D eigenvalue weighted by atomic mass is 9.96. The molecule has 0 aromatic rings. The lowest BCUT2D eigenvalue weighted by Crippen LogP contribution is -2.25. The van der Waals surface area contributed by atoms with Crippen LogP contribution in [0.15, 0.2) is 0 Å². The van der Waals surface area contributed by atoms with Gasteiger partial charge in [-0.3, -0.25) is 0 Å². The first-order valence-electron chi connectivity index (χ1n) is 6.14. The van der Waals surface area contributed by atoms with E-state index in [0.717, 1.165) is 25.0 Å². The fourth-order valence-corrected chi connectivity index (χ4v) is 2.63. The van der Waals surface area contributed by atoms with E-state index in [1.54, 1.807) is 0 Å². The van der Waals surface area contributed by atoms with Crippen molar-refractivity contribution >= 4 is 0 Å². The van der Waals surface area contributed by atoms with Gasteiger partial charge in [0.15, 0.2) is 0 Å². The van der Waals surface area contributed by atoms with Crippen molar-refractivity contribution in [2.24, 2.45) is 11.8 Å². The number of hydrogen-bond acceptors (Lipinski definition) is 2. The zero-order chi connectivity index (χ0) is 9.80. The fourth-order valence-electron chi connectivity index (χ4n) is 2.63. The van der Waals surface area contributed by atoms with Crippen molar-refractivity contribution in [1.29, 1.82) is 0 Å². The van der Waals surface area contributed by atoms with Crippen molar-refractivity contribution in [2.45, 2.75) is 32.6 Å². The molecular weight excluding hydrogens is 174 g/mol. The monoisotopic (exact) mass is 197 g/mol. The standard InChI is InChI=1S/C12H23NO/c1-11-2-6-13(10-11)7-3-12-4-8-14-9-5-12/h11-12H,2-10H2,1H3/t11-/m1/s1. The summed E-state index contributed by atoms with van der Waals surface area (Å²) < 4.78 is 5.37. The van der Waals surface area contributed by atoms with E-state index in [1.165, 1.54) is 45.3 Å². The summed E-state index contributed by atoms with van der Waals surface area (Å²) >= 11 is 0. The quantitative estimate of drug-likeness (QED) is 0.687. The Morgan fingerprint density at radius 2 is 2.00 bits per heavy atom. The predicted molar refractivity (Wildman–Crippen MR) is 58.4 cm³/mol. The van der Waals surface area contributed by atoms with E-state index in [2.05, 4.69) is 11.8 Å². The first-order valence-corrected chi connectivity index (χ1v) is 6.14. The molecule has 0 N–H and O–H groups in total. The molecule has 2 aliphatic rings. The summed E-state index contributed by atoms with van der Waals surface area (Å²) in [7, 11) is 0. The molecule has 2 saturated heterocycles. The van der Waals surface area contributed by atoms with Crippen LogP contribution in [0.25, 0.3) is 0 Å². The summed E-state index contributed by atoms with van der Waals surface area (Å²) in [6.45, 7) is 8.37. The van der Waals surface area contributed by atoms with E-state index in [-0.39, 0.29) is 0 Å². The minimum atomic E-state index is 0.935. The molecule has 0 bridgehead atoms. The second kappa shape index (κ2) is 5.13. The van der Waals surface area contributed by atoms with Gasteiger partial charge in [0, 0.05) is 19.8 Å². The van der Waals surface area contributed by atoms with Crippen LogP contribution < -0.4 is 0 Å². The Morgan fingerprint density at radius 1 is 1.21 bits per heavy atom. The largest absolute Gasteiger partial charge is 0.381 e. The van der Waals surface area contributed by atoms with E-state index < -0.39 is 0 Å². The van der Waals surface area contributed by atoms with Crippen molar-refractivity contribution in [3.05, 3.63) is 0 Å². The van der Waals surface area contributed by atoms with E-state index in [0.29, 0.717) is 0 Å². The molecule has 14 heavy (non-hydrogen) atoms. The van der Waals surface area contributed by atoms with Crippen LogP contribution in [-0.4, -0.2) is 37.7 Å². The lowest BCUT2D eigenvalue weighted by molar-refractivity contribution is 0.0609. The molecule has 2 fully saturated rings. The van der Waals surface area contributed by atoms with E-state index in [1.807, 2.05) is 0 Å². The highest BCUT2D eigenvalue weighted by molar-refractivity contribution is 4.74. The number of hydrogen-bond donors (Lipinski definition) is 0. The van der Waals surface area contributed by atoms with Gasteiger partial charge in [-0.25, -0.2) is 0 Å². The summed E-state index contributed by atoms with van der Waals surface area (Å²) in [5.41, 5.74) is 0. The van der Waals surface area contributed by atoms with Crippen LogP contribution in [0.5, 0.6) is 0 Å². The summed E-state index contributed by atoms with van der Waals surface area (Å²) in [6, 6.07) is 0. The number of likely N-dealkylation sites (tertiary alicyclic amines) is 1. The molecule has 0 unspecified atom stereocenters. The van der Waals surface area contributed by atoms with Gasteiger partial charge in [0.2, 0.25) is 0 Å². The number of ether oxygens (including phenoxy) is 1. The zero-order valence-corrected chi connectivity index (χ0v) is 9.37. The maximum absolute atomic E-state index is 5.37. The molecule has 1 atom stereocenters. The van der Waals surface area contributed by atoms with Crippen LogP contribution in [-0.2, 0) is 4.74 Å². The minimum absolute atomic E-state index is 0.935. The maximum Gasteiger partial charge on any atom is 0.0468 e. The van der Waals surface area contributed by atoms with Gasteiger partial charge in [-0.1, -0.05) is 6.92 Å². The van der Waals surface area contributed by atoms with Crippen LogP contribution in [0.1, 0.15) is 32.6 Å². The molecular formula is C12H23NO. The fraction of sp³-hybridized carbons (Fsp3) is 1.00. The highest BCUT2D eigenvalue weighted by Gasteiger charge is 2.20. The molecule has 2 heterocycles. The van der Waals surface area contributed by atoms with Gasteiger partial charge in [-0.2, -0.15) is 0 Å². The number of nitrogens with zero attached hydrogens (tertiary/aromatic N) is 1. The van der Waals surface area contributed by atoms with Gasteiger partial charge in [-0.15, -0.1) is 0 Å². The molecule has 0 radical (unpaired) electrons. The molecule has 0 aliphatic carbocycles. The summed E-state index contributed by atoms with van der Waals surface area (Å²) in [5.74, 6) is 1.88. The zero-order valence-electron chi connectivity index (χ0n) is 9.37. The molecule has 2 aliphatic heterocycles. The Kier molecular flexibility index (Phi) is 3.82. The third-order valence-electron chi connectivity index (χ3n) is 3.70. The van der Waals surface area contributed by atoms with Gasteiger partial charge in [-0.05, 0) is 50.6 Å². The summed E-state index contributed by atoms with van der Waals surface area (Å²) in [4.78, 5) is 2.64. The smallest absolute Gasteiger partial charge is 0.0468 e. The first-order chi connectivity index (χ1) is 6.84. The average molecular weight is 197 g/mol. The van der Waals surface area contributed by atoms with Crippen LogP contribution in [0, 0.1) is 11.8 Å². The van der Waals surface area contributed by atoms with Crippen LogP contribution in [0.3, 0.4) is 0 Å². The molecule has 2 rings (SSSR count). The Morgan fingerprint density at radius 3 is 2.64 bits per heavy atom. The Bertz CT molecular complexity index is 161. The predicted octanol–water partition coefficient (Wildman–Crippen LogP) is 2.14. The lowest BCUT2D eigenvalue weighted by Gasteiger charge is -2.24. The van der Waals surface area contributed by atoms with Crippen molar-refractivity contribution in [1.82, 2.24) is 4.90 Å². The van der Waals surface area contributed by atoms with Gasteiger partial charge in [0.25, 0.3) is 0 Å². The topological polar surface area (TPSA) is 12.5 Å².